The van der Waals surface area contributed by atoms with Gasteiger partial charge in [-0.1, -0.05) is 29.3 Å². The van der Waals surface area contributed by atoms with Gasteiger partial charge < -0.3 is 4.74 Å². The summed E-state index contributed by atoms with van der Waals surface area (Å²) in [5.74, 6) is 0. The standard InChI is InChI=1S/C13H12ClN3O/c1-9-3-5-10(6-4-9)17-13(14)11(7-15)12(16-17)8-18-2/h3-6H,8H2,1-2H3. The zero-order valence-electron chi connectivity index (χ0n) is 10.1. The Morgan fingerprint density at radius 2 is 2.06 bits per heavy atom. The second-order valence-corrected chi connectivity index (χ2v) is 4.26. The first-order valence-electron chi connectivity index (χ1n) is 5.41. The smallest absolute Gasteiger partial charge is 0.151 e. The fraction of sp³-hybridized carbons (Fsp3) is 0.231. The lowest BCUT2D eigenvalue weighted by molar-refractivity contribution is 0.181. The van der Waals surface area contributed by atoms with Crippen LogP contribution in [0.15, 0.2) is 24.3 Å². The first-order valence-corrected chi connectivity index (χ1v) is 5.78. The molecule has 1 aromatic carbocycles. The molecule has 1 aromatic heterocycles. The molecular formula is C13H12ClN3O. The second-order valence-electron chi connectivity index (χ2n) is 3.90. The minimum Gasteiger partial charge on any atom is -0.378 e. The highest BCUT2D eigenvalue weighted by atomic mass is 35.5. The molecule has 5 heteroatoms. The average Bonchev–Trinajstić information content (AvgIpc) is 2.67. The molecule has 2 aromatic rings. The largest absolute Gasteiger partial charge is 0.378 e. The third kappa shape index (κ3) is 2.23. The van der Waals surface area contributed by atoms with E-state index in [0.717, 1.165) is 11.3 Å². The van der Waals surface area contributed by atoms with E-state index in [4.69, 9.17) is 21.6 Å². The highest BCUT2D eigenvalue weighted by Gasteiger charge is 2.16. The van der Waals surface area contributed by atoms with E-state index in [0.29, 0.717) is 16.4 Å². The summed E-state index contributed by atoms with van der Waals surface area (Å²) in [4.78, 5) is 0. The fourth-order valence-electron chi connectivity index (χ4n) is 1.65. The van der Waals surface area contributed by atoms with Crippen molar-refractivity contribution in [2.45, 2.75) is 13.5 Å². The van der Waals surface area contributed by atoms with Crippen LogP contribution in [0.2, 0.25) is 5.15 Å². The number of ether oxygens (including phenoxy) is 1. The molecule has 0 aliphatic heterocycles. The maximum absolute atomic E-state index is 9.09. The zero-order valence-corrected chi connectivity index (χ0v) is 10.9. The summed E-state index contributed by atoms with van der Waals surface area (Å²) in [6.45, 7) is 2.27. The molecule has 0 aliphatic carbocycles. The van der Waals surface area contributed by atoms with Gasteiger partial charge in [-0.3, -0.25) is 0 Å². The first kappa shape index (κ1) is 12.6. The predicted octanol–water partition coefficient (Wildman–Crippen LogP) is 2.85. The van der Waals surface area contributed by atoms with E-state index in [2.05, 4.69) is 11.2 Å². The van der Waals surface area contributed by atoms with Crippen LogP contribution in [-0.4, -0.2) is 16.9 Å². The van der Waals surface area contributed by atoms with Gasteiger partial charge in [0, 0.05) is 7.11 Å². The van der Waals surface area contributed by atoms with Crippen molar-refractivity contribution in [2.24, 2.45) is 0 Å². The number of rotatable bonds is 3. The molecule has 0 saturated carbocycles. The van der Waals surface area contributed by atoms with Crippen molar-refractivity contribution < 1.29 is 4.74 Å². The van der Waals surface area contributed by atoms with Crippen molar-refractivity contribution in [1.82, 2.24) is 9.78 Å². The molecule has 0 radical (unpaired) electrons. The van der Waals surface area contributed by atoms with Crippen molar-refractivity contribution >= 4 is 11.6 Å². The lowest BCUT2D eigenvalue weighted by atomic mass is 10.2. The van der Waals surface area contributed by atoms with Gasteiger partial charge in [-0.25, -0.2) is 4.68 Å². The third-order valence-corrected chi connectivity index (χ3v) is 2.92. The van der Waals surface area contributed by atoms with Gasteiger partial charge in [-0.2, -0.15) is 10.4 Å². The van der Waals surface area contributed by atoms with E-state index in [9.17, 15) is 0 Å². The number of hydrogen-bond donors (Lipinski definition) is 0. The number of nitrogens with zero attached hydrogens (tertiary/aromatic N) is 3. The Morgan fingerprint density at radius 1 is 1.39 bits per heavy atom. The Hall–Kier alpha value is -1.83. The van der Waals surface area contributed by atoms with E-state index < -0.39 is 0 Å². The Morgan fingerprint density at radius 3 is 2.61 bits per heavy atom. The van der Waals surface area contributed by atoms with E-state index in [1.54, 1.807) is 11.8 Å². The molecule has 18 heavy (non-hydrogen) atoms. The van der Waals surface area contributed by atoms with Crippen LogP contribution >= 0.6 is 11.6 Å². The molecule has 4 nitrogen and oxygen atoms in total. The number of benzene rings is 1. The van der Waals surface area contributed by atoms with Crippen LogP contribution in [0.25, 0.3) is 5.69 Å². The number of hydrogen-bond acceptors (Lipinski definition) is 3. The van der Waals surface area contributed by atoms with Gasteiger partial charge in [-0.05, 0) is 19.1 Å². The number of halogens is 1. The Labute approximate surface area is 110 Å². The molecule has 0 unspecified atom stereocenters. The van der Waals surface area contributed by atoms with Gasteiger partial charge in [-0.15, -0.1) is 0 Å². The van der Waals surface area contributed by atoms with Crippen molar-refractivity contribution in [2.75, 3.05) is 7.11 Å². The van der Waals surface area contributed by atoms with Crippen molar-refractivity contribution in [1.29, 1.82) is 5.26 Å². The van der Waals surface area contributed by atoms with Crippen LogP contribution in [-0.2, 0) is 11.3 Å². The minimum absolute atomic E-state index is 0.265. The quantitative estimate of drug-likeness (QED) is 0.854. The van der Waals surface area contributed by atoms with Gasteiger partial charge in [0.25, 0.3) is 0 Å². The highest BCUT2D eigenvalue weighted by molar-refractivity contribution is 6.31. The summed E-state index contributed by atoms with van der Waals surface area (Å²) < 4.78 is 6.56. The SMILES string of the molecule is COCc1nn(-c2ccc(C)cc2)c(Cl)c1C#N. The fourth-order valence-corrected chi connectivity index (χ4v) is 1.93. The van der Waals surface area contributed by atoms with Gasteiger partial charge in [0.05, 0.1) is 12.3 Å². The van der Waals surface area contributed by atoms with E-state index in [1.807, 2.05) is 31.2 Å². The Kier molecular flexibility index (Phi) is 3.66. The van der Waals surface area contributed by atoms with Crippen molar-refractivity contribution in [3.8, 4) is 11.8 Å². The number of methoxy groups -OCH3 is 1. The molecule has 0 aliphatic rings. The molecule has 0 fully saturated rings. The minimum atomic E-state index is 0.265. The lowest BCUT2D eigenvalue weighted by Crippen LogP contribution is -1.98. The average molecular weight is 262 g/mol. The van der Waals surface area contributed by atoms with Crippen LogP contribution in [0, 0.1) is 18.3 Å². The lowest BCUT2D eigenvalue weighted by Gasteiger charge is -2.02. The topological polar surface area (TPSA) is 50.8 Å². The predicted molar refractivity (Wildman–Crippen MR) is 68.7 cm³/mol. The van der Waals surface area contributed by atoms with Gasteiger partial charge in [0.2, 0.25) is 0 Å². The Bertz CT molecular complexity index is 596. The molecule has 0 bridgehead atoms. The molecule has 1 heterocycles. The summed E-state index contributed by atoms with van der Waals surface area (Å²) in [7, 11) is 1.56. The van der Waals surface area contributed by atoms with Crippen molar-refractivity contribution in [3.05, 3.63) is 46.2 Å². The number of nitriles is 1. The van der Waals surface area contributed by atoms with Crippen LogP contribution in [0.1, 0.15) is 16.8 Å². The molecule has 0 saturated heterocycles. The number of aromatic nitrogens is 2. The van der Waals surface area contributed by atoms with Crippen LogP contribution in [0.3, 0.4) is 0 Å². The van der Waals surface area contributed by atoms with Crippen LogP contribution < -0.4 is 0 Å². The van der Waals surface area contributed by atoms with Crippen LogP contribution in [0.5, 0.6) is 0 Å². The van der Waals surface area contributed by atoms with Crippen molar-refractivity contribution in [3.63, 3.8) is 0 Å². The highest BCUT2D eigenvalue weighted by Crippen LogP contribution is 2.23. The molecule has 0 atom stereocenters. The first-order chi connectivity index (χ1) is 8.67. The summed E-state index contributed by atoms with van der Waals surface area (Å²) in [5.41, 5.74) is 2.88. The molecule has 0 amide bonds. The monoisotopic (exact) mass is 261 g/mol. The maximum Gasteiger partial charge on any atom is 0.151 e. The molecule has 0 spiro atoms. The van der Waals surface area contributed by atoms with Gasteiger partial charge in [0.15, 0.2) is 5.15 Å². The van der Waals surface area contributed by atoms with Gasteiger partial charge in [0.1, 0.15) is 17.3 Å². The molecule has 0 N–H and O–H groups in total. The summed E-state index contributed by atoms with van der Waals surface area (Å²) in [5, 5.41) is 13.7. The van der Waals surface area contributed by atoms with E-state index in [-0.39, 0.29) is 6.61 Å². The summed E-state index contributed by atoms with van der Waals surface area (Å²) in [6.07, 6.45) is 0. The molecule has 92 valence electrons. The molecular weight excluding hydrogens is 250 g/mol. The maximum atomic E-state index is 9.09. The van der Waals surface area contributed by atoms with Crippen LogP contribution in [0.4, 0.5) is 0 Å². The Balaban J connectivity index is 2.52. The van der Waals surface area contributed by atoms with E-state index >= 15 is 0 Å². The van der Waals surface area contributed by atoms with Gasteiger partial charge >= 0.3 is 0 Å². The second kappa shape index (κ2) is 5.21. The zero-order chi connectivity index (χ0) is 13.1. The summed E-state index contributed by atoms with van der Waals surface area (Å²) >= 11 is 6.16. The molecule has 2 rings (SSSR count). The number of aryl methyl sites for hydroxylation is 1. The van der Waals surface area contributed by atoms with E-state index in [1.165, 1.54) is 0 Å². The normalized spacial score (nSPS) is 10.3. The summed E-state index contributed by atoms with van der Waals surface area (Å²) in [6, 6.07) is 9.81. The third-order valence-electron chi connectivity index (χ3n) is 2.57.